The smallest absolute Gasteiger partial charge is 0.0459 e. The maximum Gasteiger partial charge on any atom is 0.0459 e. The average Bonchev–Trinajstić information content (AvgIpc) is 2.36. The lowest BCUT2D eigenvalue weighted by Crippen LogP contribution is -2.40. The van der Waals surface area contributed by atoms with Gasteiger partial charge in [-0.15, -0.1) is 6.58 Å². The fourth-order valence-corrected chi connectivity index (χ4v) is 2.14. The largest absolute Gasteiger partial charge is 0.271 e. The summed E-state index contributed by atoms with van der Waals surface area (Å²) in [5.74, 6) is 6.55. The van der Waals surface area contributed by atoms with Crippen molar-refractivity contribution in [3.63, 3.8) is 0 Å². The van der Waals surface area contributed by atoms with Gasteiger partial charge in [0.25, 0.3) is 0 Å². The van der Waals surface area contributed by atoms with E-state index < -0.39 is 0 Å². The maximum atomic E-state index is 5.59. The topological polar surface area (TPSA) is 38.0 Å². The van der Waals surface area contributed by atoms with Crippen LogP contribution >= 0.6 is 0 Å². The molecule has 0 fully saturated rings. The molecule has 1 aromatic carbocycles. The van der Waals surface area contributed by atoms with Crippen molar-refractivity contribution in [2.45, 2.75) is 32.2 Å². The highest BCUT2D eigenvalue weighted by atomic mass is 15.2. The second-order valence-corrected chi connectivity index (χ2v) is 4.25. The molecule has 3 N–H and O–H groups in total. The van der Waals surface area contributed by atoms with E-state index in [1.165, 1.54) is 5.56 Å². The zero-order chi connectivity index (χ0) is 12.0. The minimum Gasteiger partial charge on any atom is -0.271 e. The first kappa shape index (κ1) is 12.9. The monoisotopic (exact) mass is 218 g/mol. The Bertz CT molecular complexity index is 308. The number of nitrogens with two attached hydrogens (primary N) is 1. The van der Waals surface area contributed by atoms with Crippen molar-refractivity contribution >= 4 is 0 Å². The van der Waals surface area contributed by atoms with Crippen molar-refractivity contribution in [3.8, 4) is 0 Å². The molecule has 0 bridgehead atoms. The number of hydrogen-bond donors (Lipinski definition) is 2. The molecule has 0 aliphatic heterocycles. The predicted molar refractivity (Wildman–Crippen MR) is 69.9 cm³/mol. The van der Waals surface area contributed by atoms with E-state index >= 15 is 0 Å². The number of rotatable bonds is 6. The molecule has 2 heteroatoms. The fraction of sp³-hybridized carbons (Fsp3) is 0.429. The predicted octanol–water partition coefficient (Wildman–Crippen LogP) is 2.83. The molecule has 0 saturated heterocycles. The van der Waals surface area contributed by atoms with Gasteiger partial charge in [0.05, 0.1) is 0 Å². The molecule has 0 amide bonds. The van der Waals surface area contributed by atoms with E-state index in [9.17, 15) is 0 Å². The van der Waals surface area contributed by atoms with Gasteiger partial charge in [0.1, 0.15) is 0 Å². The van der Waals surface area contributed by atoms with Crippen LogP contribution < -0.4 is 11.3 Å². The molecule has 0 spiro atoms. The van der Waals surface area contributed by atoms with Gasteiger partial charge in [-0.1, -0.05) is 56.7 Å². The molecule has 1 rings (SSSR count). The van der Waals surface area contributed by atoms with Crippen LogP contribution in [0.15, 0.2) is 43.0 Å². The third kappa shape index (κ3) is 2.94. The summed E-state index contributed by atoms with van der Waals surface area (Å²) >= 11 is 0. The van der Waals surface area contributed by atoms with Gasteiger partial charge in [-0.25, -0.2) is 0 Å². The normalized spacial score (nSPS) is 16.4. The Hall–Kier alpha value is -1.12. The van der Waals surface area contributed by atoms with Gasteiger partial charge in [-0.05, 0) is 11.5 Å². The van der Waals surface area contributed by atoms with Crippen LogP contribution in [0.1, 0.15) is 31.7 Å². The van der Waals surface area contributed by atoms with E-state index in [1.807, 2.05) is 12.1 Å². The van der Waals surface area contributed by atoms with Gasteiger partial charge >= 0.3 is 0 Å². The van der Waals surface area contributed by atoms with E-state index in [1.54, 1.807) is 0 Å². The first-order chi connectivity index (χ1) is 7.74. The SMILES string of the molecule is C=CC(NN)C(c1ccccc1)C(C)CC. The second kappa shape index (κ2) is 6.46. The highest BCUT2D eigenvalue weighted by molar-refractivity contribution is 5.23. The van der Waals surface area contributed by atoms with Crippen LogP contribution in [-0.4, -0.2) is 6.04 Å². The highest BCUT2D eigenvalue weighted by Gasteiger charge is 2.24. The number of hydrogen-bond acceptors (Lipinski definition) is 2. The molecule has 0 radical (unpaired) electrons. The summed E-state index contributed by atoms with van der Waals surface area (Å²) in [7, 11) is 0. The van der Waals surface area contributed by atoms with Crippen molar-refractivity contribution in [1.82, 2.24) is 5.43 Å². The highest BCUT2D eigenvalue weighted by Crippen LogP contribution is 2.30. The minimum absolute atomic E-state index is 0.123. The van der Waals surface area contributed by atoms with Crippen molar-refractivity contribution in [1.29, 1.82) is 0 Å². The lowest BCUT2D eigenvalue weighted by atomic mass is 9.80. The van der Waals surface area contributed by atoms with Crippen LogP contribution in [0.3, 0.4) is 0 Å². The van der Waals surface area contributed by atoms with Crippen LogP contribution in [0.4, 0.5) is 0 Å². The summed E-state index contributed by atoms with van der Waals surface area (Å²) in [6.45, 7) is 8.31. The molecule has 0 aliphatic carbocycles. The van der Waals surface area contributed by atoms with Crippen molar-refractivity contribution in [2.24, 2.45) is 11.8 Å². The fourth-order valence-electron chi connectivity index (χ4n) is 2.14. The van der Waals surface area contributed by atoms with Gasteiger partial charge in [-0.3, -0.25) is 11.3 Å². The molecular weight excluding hydrogens is 196 g/mol. The van der Waals surface area contributed by atoms with Crippen LogP contribution in [0, 0.1) is 5.92 Å². The summed E-state index contributed by atoms with van der Waals surface area (Å²) in [4.78, 5) is 0. The van der Waals surface area contributed by atoms with Crippen molar-refractivity contribution in [3.05, 3.63) is 48.6 Å². The van der Waals surface area contributed by atoms with E-state index in [4.69, 9.17) is 5.84 Å². The molecule has 3 atom stereocenters. The lowest BCUT2D eigenvalue weighted by Gasteiger charge is -2.29. The quantitative estimate of drug-likeness (QED) is 0.438. The molecule has 1 aromatic rings. The summed E-state index contributed by atoms with van der Waals surface area (Å²) in [6.07, 6.45) is 3.02. The second-order valence-electron chi connectivity index (χ2n) is 4.25. The number of hydrazine groups is 1. The minimum atomic E-state index is 0.123. The Morgan fingerprint density at radius 3 is 2.44 bits per heavy atom. The van der Waals surface area contributed by atoms with Gasteiger partial charge in [0, 0.05) is 12.0 Å². The Morgan fingerprint density at radius 1 is 1.38 bits per heavy atom. The van der Waals surface area contributed by atoms with Crippen LogP contribution in [0.25, 0.3) is 0 Å². The molecule has 0 aromatic heterocycles. The third-order valence-corrected chi connectivity index (χ3v) is 3.27. The van der Waals surface area contributed by atoms with Gasteiger partial charge in [0.2, 0.25) is 0 Å². The molecule has 16 heavy (non-hydrogen) atoms. The Labute approximate surface area is 98.5 Å². The Kier molecular flexibility index (Phi) is 5.23. The third-order valence-electron chi connectivity index (χ3n) is 3.27. The van der Waals surface area contributed by atoms with Crippen molar-refractivity contribution < 1.29 is 0 Å². The molecule has 2 nitrogen and oxygen atoms in total. The maximum absolute atomic E-state index is 5.59. The molecule has 3 unspecified atom stereocenters. The summed E-state index contributed by atoms with van der Waals surface area (Å²) < 4.78 is 0. The van der Waals surface area contributed by atoms with E-state index in [0.717, 1.165) is 6.42 Å². The van der Waals surface area contributed by atoms with Crippen LogP contribution in [0.2, 0.25) is 0 Å². The molecule has 0 heterocycles. The molecule has 88 valence electrons. The van der Waals surface area contributed by atoms with Gasteiger partial charge in [0.15, 0.2) is 0 Å². The van der Waals surface area contributed by atoms with Crippen molar-refractivity contribution in [2.75, 3.05) is 0 Å². The summed E-state index contributed by atoms with van der Waals surface area (Å²) in [5.41, 5.74) is 4.17. The summed E-state index contributed by atoms with van der Waals surface area (Å²) in [6, 6.07) is 10.6. The van der Waals surface area contributed by atoms with Gasteiger partial charge in [-0.2, -0.15) is 0 Å². The van der Waals surface area contributed by atoms with E-state index in [-0.39, 0.29) is 6.04 Å². The van der Waals surface area contributed by atoms with Crippen LogP contribution in [-0.2, 0) is 0 Å². The van der Waals surface area contributed by atoms with Gasteiger partial charge < -0.3 is 0 Å². The first-order valence-electron chi connectivity index (χ1n) is 5.88. The Balaban J connectivity index is 3.00. The lowest BCUT2D eigenvalue weighted by molar-refractivity contribution is 0.377. The summed E-state index contributed by atoms with van der Waals surface area (Å²) in [5, 5.41) is 0. The average molecular weight is 218 g/mol. The first-order valence-corrected chi connectivity index (χ1v) is 5.88. The standard InChI is InChI=1S/C14H22N2/c1-4-11(3)14(13(5-2)16-15)12-9-7-6-8-10-12/h5-11,13-14,16H,2,4,15H2,1,3H3. The van der Waals surface area contributed by atoms with E-state index in [0.29, 0.717) is 11.8 Å². The molecular formula is C14H22N2. The molecule has 0 saturated carbocycles. The van der Waals surface area contributed by atoms with Crippen LogP contribution in [0.5, 0.6) is 0 Å². The molecule has 0 aliphatic rings. The van der Waals surface area contributed by atoms with E-state index in [2.05, 4.69) is 50.1 Å². The number of nitrogens with one attached hydrogen (secondary N) is 1. The Morgan fingerprint density at radius 2 is 2.00 bits per heavy atom. The number of benzene rings is 1. The zero-order valence-electron chi connectivity index (χ0n) is 10.2. The zero-order valence-corrected chi connectivity index (χ0v) is 10.2.